The van der Waals surface area contributed by atoms with Crippen LogP contribution in [-0.4, -0.2) is 35.6 Å². The van der Waals surface area contributed by atoms with Gasteiger partial charge in [0, 0.05) is 18.3 Å². The fraction of sp³-hybridized carbons (Fsp3) is 0.500. The minimum Gasteiger partial charge on any atom is -0.399 e. The predicted octanol–water partition coefficient (Wildman–Crippen LogP) is 2.77. The second-order valence-corrected chi connectivity index (χ2v) is 6.33. The Bertz CT molecular complexity index is 560. The van der Waals surface area contributed by atoms with Crippen LogP contribution in [0.5, 0.6) is 0 Å². The standard InChI is InChI=1S/C14H20N4S/c1-10(9-18-6-2-3-7-18)16-14-17-12-5-4-11(15)8-13(12)19-14/h4-5,8,10H,2-3,6-7,9,15H2,1H3,(H,16,17). The van der Waals surface area contributed by atoms with Crippen molar-refractivity contribution in [1.82, 2.24) is 9.88 Å². The van der Waals surface area contributed by atoms with Gasteiger partial charge in [-0.05, 0) is 51.1 Å². The number of likely N-dealkylation sites (tertiary alicyclic amines) is 1. The van der Waals surface area contributed by atoms with Crippen LogP contribution in [0.25, 0.3) is 10.2 Å². The topological polar surface area (TPSA) is 54.2 Å². The van der Waals surface area contributed by atoms with Crippen LogP contribution in [0.4, 0.5) is 10.8 Å². The summed E-state index contributed by atoms with van der Waals surface area (Å²) in [6.07, 6.45) is 2.68. The van der Waals surface area contributed by atoms with Crippen LogP contribution in [-0.2, 0) is 0 Å². The van der Waals surface area contributed by atoms with Crippen LogP contribution in [0.2, 0.25) is 0 Å². The van der Waals surface area contributed by atoms with Gasteiger partial charge in [-0.15, -0.1) is 0 Å². The van der Waals surface area contributed by atoms with Crippen molar-refractivity contribution in [2.75, 3.05) is 30.7 Å². The van der Waals surface area contributed by atoms with Gasteiger partial charge in [-0.25, -0.2) is 4.98 Å². The number of rotatable bonds is 4. The number of aromatic nitrogens is 1. The average molecular weight is 276 g/mol. The summed E-state index contributed by atoms with van der Waals surface area (Å²) in [5, 5.41) is 4.50. The molecule has 0 bridgehead atoms. The summed E-state index contributed by atoms with van der Waals surface area (Å²) >= 11 is 1.68. The lowest BCUT2D eigenvalue weighted by molar-refractivity contribution is 0.328. The Morgan fingerprint density at radius 1 is 1.42 bits per heavy atom. The first-order valence-electron chi connectivity index (χ1n) is 6.86. The molecule has 0 amide bonds. The van der Waals surface area contributed by atoms with Crippen LogP contribution in [0.3, 0.4) is 0 Å². The first kappa shape index (κ1) is 12.7. The maximum atomic E-state index is 5.80. The molecule has 0 radical (unpaired) electrons. The molecule has 5 heteroatoms. The molecule has 1 aliphatic heterocycles. The zero-order valence-electron chi connectivity index (χ0n) is 11.2. The summed E-state index contributed by atoms with van der Waals surface area (Å²) in [6, 6.07) is 6.30. The zero-order chi connectivity index (χ0) is 13.2. The van der Waals surface area contributed by atoms with Crippen molar-refractivity contribution in [3.63, 3.8) is 0 Å². The highest BCUT2D eigenvalue weighted by atomic mass is 32.1. The number of nitrogens with two attached hydrogens (primary N) is 1. The van der Waals surface area contributed by atoms with Gasteiger partial charge < -0.3 is 16.0 Å². The van der Waals surface area contributed by atoms with E-state index in [1.807, 2.05) is 18.2 Å². The maximum Gasteiger partial charge on any atom is 0.184 e. The van der Waals surface area contributed by atoms with Crippen molar-refractivity contribution in [2.45, 2.75) is 25.8 Å². The van der Waals surface area contributed by atoms with E-state index in [4.69, 9.17) is 5.73 Å². The first-order chi connectivity index (χ1) is 9.20. The molecule has 0 aliphatic carbocycles. The van der Waals surface area contributed by atoms with Crippen molar-refractivity contribution in [3.05, 3.63) is 18.2 Å². The number of thiazole rings is 1. The molecule has 4 nitrogen and oxygen atoms in total. The van der Waals surface area contributed by atoms with E-state index in [2.05, 4.69) is 22.1 Å². The molecule has 1 aliphatic rings. The summed E-state index contributed by atoms with van der Waals surface area (Å²) in [5.41, 5.74) is 7.62. The molecule has 3 N–H and O–H groups in total. The first-order valence-corrected chi connectivity index (χ1v) is 7.67. The Hall–Kier alpha value is -1.33. The number of anilines is 2. The summed E-state index contributed by atoms with van der Waals surface area (Å²) in [5.74, 6) is 0. The van der Waals surface area contributed by atoms with Crippen LogP contribution in [0, 0.1) is 0 Å². The molecule has 1 atom stereocenters. The van der Waals surface area contributed by atoms with Crippen LogP contribution >= 0.6 is 11.3 Å². The van der Waals surface area contributed by atoms with Crippen molar-refractivity contribution < 1.29 is 0 Å². The highest BCUT2D eigenvalue weighted by molar-refractivity contribution is 7.22. The van der Waals surface area contributed by atoms with Crippen molar-refractivity contribution >= 4 is 32.4 Å². The number of nitrogens with one attached hydrogen (secondary N) is 1. The highest BCUT2D eigenvalue weighted by Crippen LogP contribution is 2.28. The molecule has 0 spiro atoms. The molecular formula is C14H20N4S. The maximum absolute atomic E-state index is 5.80. The smallest absolute Gasteiger partial charge is 0.184 e. The quantitative estimate of drug-likeness (QED) is 0.843. The molecular weight excluding hydrogens is 256 g/mol. The van der Waals surface area contributed by atoms with E-state index in [1.54, 1.807) is 11.3 Å². The third-order valence-electron chi connectivity index (χ3n) is 3.51. The van der Waals surface area contributed by atoms with Gasteiger partial charge in [0.25, 0.3) is 0 Å². The van der Waals surface area contributed by atoms with Crippen molar-refractivity contribution in [1.29, 1.82) is 0 Å². The SMILES string of the molecule is CC(CN1CCCC1)Nc1nc2ccc(N)cc2s1. The van der Waals surface area contributed by atoms with Crippen molar-refractivity contribution in [2.24, 2.45) is 0 Å². The zero-order valence-corrected chi connectivity index (χ0v) is 12.0. The van der Waals surface area contributed by atoms with Gasteiger partial charge in [-0.3, -0.25) is 0 Å². The van der Waals surface area contributed by atoms with E-state index in [-0.39, 0.29) is 0 Å². The van der Waals surface area contributed by atoms with Crippen molar-refractivity contribution in [3.8, 4) is 0 Å². The Labute approximate surface area is 117 Å². The molecule has 1 unspecified atom stereocenters. The van der Waals surface area contributed by atoms with Gasteiger partial charge in [-0.2, -0.15) is 0 Å². The Morgan fingerprint density at radius 3 is 3.00 bits per heavy atom. The fourth-order valence-electron chi connectivity index (χ4n) is 2.61. The molecule has 1 fully saturated rings. The largest absolute Gasteiger partial charge is 0.399 e. The third kappa shape index (κ3) is 2.98. The molecule has 3 rings (SSSR count). The number of fused-ring (bicyclic) bond motifs is 1. The monoisotopic (exact) mass is 276 g/mol. The number of hydrogen-bond acceptors (Lipinski definition) is 5. The van der Waals surface area contributed by atoms with Crippen LogP contribution in [0.1, 0.15) is 19.8 Å². The third-order valence-corrected chi connectivity index (χ3v) is 4.46. The summed E-state index contributed by atoms with van der Waals surface area (Å²) in [4.78, 5) is 7.12. The van der Waals surface area contributed by atoms with Crippen LogP contribution in [0.15, 0.2) is 18.2 Å². The molecule has 19 heavy (non-hydrogen) atoms. The lowest BCUT2D eigenvalue weighted by atomic mass is 10.3. The fourth-order valence-corrected chi connectivity index (χ4v) is 3.64. The van der Waals surface area contributed by atoms with Gasteiger partial charge in [0.2, 0.25) is 0 Å². The van der Waals surface area contributed by atoms with E-state index in [1.165, 1.54) is 25.9 Å². The van der Waals surface area contributed by atoms with Gasteiger partial charge >= 0.3 is 0 Å². The van der Waals surface area contributed by atoms with Gasteiger partial charge in [0.1, 0.15) is 0 Å². The lowest BCUT2D eigenvalue weighted by Crippen LogP contribution is -2.32. The number of hydrogen-bond donors (Lipinski definition) is 2. The number of nitrogen functional groups attached to an aromatic ring is 1. The molecule has 0 saturated carbocycles. The predicted molar refractivity (Wildman–Crippen MR) is 82.8 cm³/mol. The lowest BCUT2D eigenvalue weighted by Gasteiger charge is -2.20. The Morgan fingerprint density at radius 2 is 2.21 bits per heavy atom. The second kappa shape index (κ2) is 5.35. The van der Waals surface area contributed by atoms with E-state index in [0.717, 1.165) is 27.6 Å². The van der Waals surface area contributed by atoms with E-state index in [0.29, 0.717) is 6.04 Å². The van der Waals surface area contributed by atoms with E-state index >= 15 is 0 Å². The van der Waals surface area contributed by atoms with Gasteiger partial charge in [-0.1, -0.05) is 11.3 Å². The summed E-state index contributed by atoms with van der Waals surface area (Å²) in [7, 11) is 0. The molecule has 102 valence electrons. The van der Waals surface area contributed by atoms with E-state index in [9.17, 15) is 0 Å². The van der Waals surface area contributed by atoms with Gasteiger partial charge in [0.15, 0.2) is 5.13 Å². The molecule has 1 aromatic carbocycles. The Balaban J connectivity index is 1.66. The summed E-state index contributed by atoms with van der Waals surface area (Å²) < 4.78 is 1.15. The second-order valence-electron chi connectivity index (χ2n) is 5.30. The average Bonchev–Trinajstić information content (AvgIpc) is 2.97. The minimum absolute atomic E-state index is 0.427. The van der Waals surface area contributed by atoms with Crippen LogP contribution < -0.4 is 11.1 Å². The normalized spacial score (nSPS) is 17.9. The number of benzene rings is 1. The molecule has 1 saturated heterocycles. The molecule has 2 aromatic rings. The van der Waals surface area contributed by atoms with E-state index < -0.39 is 0 Å². The molecule has 2 heterocycles. The number of nitrogens with zero attached hydrogens (tertiary/aromatic N) is 2. The summed E-state index contributed by atoms with van der Waals surface area (Å²) in [6.45, 7) is 5.79. The Kier molecular flexibility index (Phi) is 3.57. The van der Waals surface area contributed by atoms with Gasteiger partial charge in [0.05, 0.1) is 10.2 Å². The minimum atomic E-state index is 0.427. The highest BCUT2D eigenvalue weighted by Gasteiger charge is 2.15. The molecule has 1 aromatic heterocycles.